The molecular formula is C114H134Br2Cl2LiNa2O17P2Pd2-. The molecule has 12 aromatic rings. The zero-order valence-corrected chi connectivity index (χ0v) is 97.4. The first-order chi connectivity index (χ1) is 66.0. The average Bonchev–Trinajstić information content (AvgIpc) is 0.821. The summed E-state index contributed by atoms with van der Waals surface area (Å²) in [6.45, 7) is 17.2. The number of benzene rings is 12. The van der Waals surface area contributed by atoms with E-state index in [0.29, 0.717) is 39.1 Å². The monoisotopic (exact) mass is 2330 g/mol. The Balaban J connectivity index is -0.000000495. The summed E-state index contributed by atoms with van der Waals surface area (Å²) in [6.07, 6.45) is 17.4. The van der Waals surface area contributed by atoms with Crippen molar-refractivity contribution in [2.75, 3.05) is 26.4 Å². The van der Waals surface area contributed by atoms with Crippen LogP contribution < -0.4 is 120 Å². The number of carboxylic acids is 3. The zero-order chi connectivity index (χ0) is 99.8. The Bertz CT molecular complexity index is 4920. The fraction of sp³-hybridized carbons (Fsp3) is 0.281. The molecule has 0 saturated heterocycles. The van der Waals surface area contributed by atoms with Gasteiger partial charge in [-0.3, -0.25) is 28.8 Å². The Labute approximate surface area is 950 Å². The fourth-order valence-electron chi connectivity index (χ4n) is 12.8. The van der Waals surface area contributed by atoms with E-state index in [1.807, 2.05) is 123 Å². The van der Waals surface area contributed by atoms with Crippen LogP contribution in [0.3, 0.4) is 0 Å². The van der Waals surface area contributed by atoms with Crippen molar-refractivity contribution in [1.82, 2.24) is 0 Å². The molecule has 0 aromatic heterocycles. The number of aliphatic carboxylic acids is 3. The molecule has 0 saturated carbocycles. The molecule has 4 N–H and O–H groups in total. The van der Waals surface area contributed by atoms with Crippen molar-refractivity contribution < 1.29 is 198 Å². The molecule has 17 nitrogen and oxygen atoms in total. The van der Waals surface area contributed by atoms with Crippen LogP contribution in [-0.2, 0) is 147 Å². The molecular weight excluding hydrogens is 2200 g/mol. The van der Waals surface area contributed by atoms with E-state index < -0.39 is 33.8 Å². The molecule has 142 heavy (non-hydrogen) atoms. The average molecular weight is 2330 g/mol. The van der Waals surface area contributed by atoms with Crippen LogP contribution in [0, 0.1) is 19.3 Å². The van der Waals surface area contributed by atoms with Crippen LogP contribution in [0.15, 0.2) is 337 Å². The summed E-state index contributed by atoms with van der Waals surface area (Å²) in [5.41, 5.74) is 10.3. The maximum Gasteiger partial charge on any atom is 1.00 e. The molecule has 0 fully saturated rings. The van der Waals surface area contributed by atoms with Gasteiger partial charge in [-0.25, -0.2) is 0 Å². The van der Waals surface area contributed by atoms with Crippen LogP contribution in [-0.4, -0.2) is 89.5 Å². The number of halogens is 4. The molecule has 0 radical (unpaired) electrons. The Kier molecular flexibility index (Phi) is 96.6. The standard InChI is InChI=1S/2C18H15P.C15H22O2.C15H18O2.2C13H18O2.C10H11BrO2.C8H7BrO2.C2H6O.CH2O3.CH3.2ClH.Li.2Na.H2O.2Pd/c2*1-4-10-16(11-5-1)19(17-12-6-2-7-13-17)18-14-8-3-9-15-18;2*1-3-5-6-8-13-9-7-10-14(11-13)12-15(16)17-4-2;2*1-2-3-4-6-11-7-5-8-12(9-11)10-13(14)15;1-2-13-10(12)7-8-4-3-5-9(11)6-8;9-7-3-1-2-6(4-7)5-8(10)11;1-2-3;2-1-4-3;;;;;;;;;/h2*1-15H;7,9-11H,3-6,8,12H2,1-2H3;7,9-11H,3-5,12H2,1-2H3;2*5,7-9H,2-4,6,10H2,1H3,(H,14,15);3-6H,2,7H2,1H3;1-4H,5H2,(H,10,11);3H,2H2,1H3;1,3H;1H3;2*1H;;;;1H2;;/q;;;;;;;;;;-1;;;3*+1;;;+2/p-5. The largest absolute Gasteiger partial charge is 1.00 e. The van der Waals surface area contributed by atoms with Gasteiger partial charge in [-0.2, -0.15) is 0 Å². The zero-order valence-electron chi connectivity index (χ0n) is 83.9. The SMILES string of the molecule is CCCC#Cc1cccc(CC(=O)OCC)c1.CCCCCc1cccc(CC(=O)O)c1.CCCCCc1cccc(CC(=O)OCC)c1.CCCCCc1cccc(CC(=O)[O-])c1.CCO.CCOC(=O)Cc1cccc(Br)c1.O=C(O)Cc1cccc(Br)c1.O=CO[O-].[CH3-].[Cl][Pd][Cl].[Li+].[Na+].[Na+].[OH-].[Pd].c1ccc(P(c2ccccc2)c2ccccc2)cc1.c1ccc(P(c2ccccc2)c2ccccc2)cc1. The van der Waals surface area contributed by atoms with E-state index in [4.69, 9.17) is 58.6 Å². The number of esters is 3. The van der Waals surface area contributed by atoms with E-state index in [1.165, 1.54) is 106 Å². The minimum Gasteiger partial charge on any atom is -0.870 e. The Morgan fingerprint density at radius 2 is 0.606 bits per heavy atom. The summed E-state index contributed by atoms with van der Waals surface area (Å²) in [6, 6.07) is 111. The van der Waals surface area contributed by atoms with Crippen molar-refractivity contribution >= 4 is 141 Å². The molecule has 0 bridgehead atoms. The van der Waals surface area contributed by atoms with E-state index in [0.717, 1.165) is 80.0 Å². The first kappa shape index (κ1) is 143. The number of aliphatic hydroxyl groups excluding tert-OH is 1. The van der Waals surface area contributed by atoms with E-state index in [2.05, 4.69) is 283 Å². The van der Waals surface area contributed by atoms with Crippen LogP contribution in [0.4, 0.5) is 0 Å². The van der Waals surface area contributed by atoms with Crippen molar-refractivity contribution in [2.24, 2.45) is 0 Å². The van der Waals surface area contributed by atoms with E-state index >= 15 is 0 Å². The van der Waals surface area contributed by atoms with Gasteiger partial charge in [-0.1, -0.05) is 401 Å². The van der Waals surface area contributed by atoms with Gasteiger partial charge >= 0.3 is 143 Å². The predicted octanol–water partition coefficient (Wildman–Crippen LogP) is 13.8. The molecule has 0 spiro atoms. The number of carbonyl (C=O) groups excluding carboxylic acids is 5. The molecule has 0 unspecified atom stereocenters. The van der Waals surface area contributed by atoms with Crippen molar-refractivity contribution in [2.45, 2.75) is 184 Å². The number of aryl methyl sites for hydroxylation is 3. The van der Waals surface area contributed by atoms with Gasteiger partial charge < -0.3 is 62.5 Å². The molecule has 754 valence electrons. The van der Waals surface area contributed by atoms with Gasteiger partial charge in [0.25, 0.3) is 6.47 Å². The maximum atomic E-state index is 11.4. The quantitative estimate of drug-likeness (QED) is 0.00318. The number of hydrogen-bond donors (Lipinski definition) is 3. The number of unbranched alkanes of at least 4 members (excludes halogenated alkanes) is 7. The Morgan fingerprint density at radius 1 is 0.373 bits per heavy atom. The Morgan fingerprint density at radius 3 is 0.845 bits per heavy atom. The molecule has 0 aliphatic carbocycles. The van der Waals surface area contributed by atoms with Gasteiger partial charge in [0.2, 0.25) is 0 Å². The molecule has 0 atom stereocenters. The summed E-state index contributed by atoms with van der Waals surface area (Å²) in [4.78, 5) is 76.3. The molecule has 12 rings (SSSR count). The summed E-state index contributed by atoms with van der Waals surface area (Å²) in [5.74, 6) is 3.09. The molecule has 12 aromatic carbocycles. The van der Waals surface area contributed by atoms with E-state index in [-0.39, 0.29) is 177 Å². The molecule has 28 heteroatoms. The molecule has 0 heterocycles. The van der Waals surface area contributed by atoms with E-state index in [9.17, 15) is 33.9 Å². The summed E-state index contributed by atoms with van der Waals surface area (Å²) in [7, 11) is 8.74. The first-order valence-electron chi connectivity index (χ1n) is 45.5. The van der Waals surface area contributed by atoms with Gasteiger partial charge in [0.1, 0.15) is 0 Å². The summed E-state index contributed by atoms with van der Waals surface area (Å²) < 4.78 is 16.6. The third kappa shape index (κ3) is 72.1. The number of hydrogen-bond acceptors (Lipinski definition) is 15. The minimum atomic E-state index is -1.01. The Hall–Kier alpha value is -7.31. The molecule has 0 aliphatic rings. The van der Waals surface area contributed by atoms with Gasteiger partial charge in [-0.15, -0.1) is 0 Å². The predicted molar refractivity (Wildman–Crippen MR) is 568 cm³/mol. The van der Waals surface area contributed by atoms with Gasteiger partial charge in [0.05, 0.1) is 51.9 Å². The smallest absolute Gasteiger partial charge is 0.870 e. The maximum absolute atomic E-state index is 11.4. The second-order valence-electron chi connectivity index (χ2n) is 29.7. The topological polar surface area (TPSA) is 293 Å². The van der Waals surface area contributed by atoms with Crippen molar-refractivity contribution in [3.8, 4) is 11.8 Å². The molecule has 0 amide bonds. The van der Waals surface area contributed by atoms with Gasteiger partial charge in [-0.05, 0) is 207 Å². The van der Waals surface area contributed by atoms with Crippen LogP contribution in [0.25, 0.3) is 0 Å². The fourth-order valence-corrected chi connectivity index (χ4v) is 18.3. The van der Waals surface area contributed by atoms with Crippen molar-refractivity contribution in [3.05, 3.63) is 400 Å². The van der Waals surface area contributed by atoms with Crippen LogP contribution in [0.1, 0.15) is 182 Å². The van der Waals surface area contributed by atoms with Crippen LogP contribution in [0.2, 0.25) is 0 Å². The third-order valence-electron chi connectivity index (χ3n) is 18.6. The van der Waals surface area contributed by atoms with Crippen LogP contribution >= 0.6 is 66.8 Å². The first-order valence-corrected chi connectivity index (χ1v) is 53.7. The van der Waals surface area contributed by atoms with Gasteiger partial charge in [0.15, 0.2) is 0 Å². The number of ether oxygens (including phenoxy) is 3. The molecule has 0 aliphatic heterocycles. The minimum absolute atomic E-state index is 0. The number of aliphatic hydroxyl groups is 1. The van der Waals surface area contributed by atoms with Crippen LogP contribution in [0.5, 0.6) is 0 Å². The number of carbonyl (C=O) groups is 7. The second-order valence-corrected chi connectivity index (χ2v) is 38.3. The van der Waals surface area contributed by atoms with Gasteiger partial charge in [0, 0.05) is 60.3 Å². The number of carboxylic acid groups (broad SMARTS) is 3. The van der Waals surface area contributed by atoms with E-state index in [1.54, 1.807) is 26.0 Å². The van der Waals surface area contributed by atoms with Crippen molar-refractivity contribution in [1.29, 1.82) is 0 Å². The summed E-state index contributed by atoms with van der Waals surface area (Å²) >= 11 is 6.49. The number of rotatable bonds is 35. The third-order valence-corrected chi connectivity index (χ3v) is 24.5. The van der Waals surface area contributed by atoms with Crippen molar-refractivity contribution in [3.63, 3.8) is 0 Å². The second kappa shape index (κ2) is 95.9. The normalized spacial score (nSPS) is 9.38. The summed E-state index contributed by atoms with van der Waals surface area (Å²) in [5, 5.41) is 51.9.